The third-order valence-electron chi connectivity index (χ3n) is 3.72. The summed E-state index contributed by atoms with van der Waals surface area (Å²) in [5, 5.41) is 8.74. The minimum Gasteiger partial charge on any atom is -0.478 e. The molecule has 0 radical (unpaired) electrons. The molecule has 0 unspecified atom stereocenters. The second kappa shape index (κ2) is 7.91. The Labute approximate surface area is 149 Å². The normalized spacial score (nSPS) is 12.4. The van der Waals surface area contributed by atoms with Gasteiger partial charge in [-0.1, -0.05) is 36.4 Å². The molecule has 2 aromatic carbocycles. The van der Waals surface area contributed by atoms with Crippen LogP contribution in [0.3, 0.4) is 0 Å². The summed E-state index contributed by atoms with van der Waals surface area (Å²) in [6.07, 6.45) is -0.506. The minimum absolute atomic E-state index is 0.561. The maximum absolute atomic E-state index is 12.8. The zero-order chi connectivity index (χ0) is 19.3. The lowest BCUT2D eigenvalue weighted by atomic mass is 9.96. The van der Waals surface area contributed by atoms with Gasteiger partial charge in [-0.25, -0.2) is 4.79 Å². The van der Waals surface area contributed by atoms with Crippen LogP contribution in [0.5, 0.6) is 0 Å². The lowest BCUT2D eigenvalue weighted by Gasteiger charge is -2.14. The molecule has 0 fully saturated rings. The number of anilines is 1. The average Bonchev–Trinajstić information content (AvgIpc) is 2.58. The van der Waals surface area contributed by atoms with Crippen LogP contribution in [-0.4, -0.2) is 25.2 Å². The second-order valence-electron chi connectivity index (χ2n) is 5.79. The van der Waals surface area contributed by atoms with Crippen LogP contribution in [0.4, 0.5) is 18.9 Å². The lowest BCUT2D eigenvalue weighted by Crippen LogP contribution is -2.08. The maximum Gasteiger partial charge on any atom is 0.416 e. The Bertz CT molecular complexity index is 818. The number of hydrogen-bond acceptors (Lipinski definition) is 2. The van der Waals surface area contributed by atoms with E-state index in [4.69, 9.17) is 5.11 Å². The fourth-order valence-corrected chi connectivity index (χ4v) is 2.36. The van der Waals surface area contributed by atoms with Crippen LogP contribution in [0.1, 0.15) is 16.7 Å². The Balaban J connectivity index is 2.46. The molecular weight excluding hydrogens is 343 g/mol. The number of aliphatic carboxylic acids is 1. The van der Waals surface area contributed by atoms with Crippen molar-refractivity contribution >= 4 is 17.2 Å². The van der Waals surface area contributed by atoms with E-state index in [9.17, 15) is 18.0 Å². The SMILES string of the molecule is CN(C)c1ccc(C(=CC=CC(=O)O)c2ccc(C(F)(F)F)cc2)cc1. The number of halogens is 3. The zero-order valence-corrected chi connectivity index (χ0v) is 14.3. The summed E-state index contributed by atoms with van der Waals surface area (Å²) in [7, 11) is 3.80. The number of benzene rings is 2. The highest BCUT2D eigenvalue weighted by atomic mass is 19.4. The second-order valence-corrected chi connectivity index (χ2v) is 5.79. The van der Waals surface area contributed by atoms with E-state index in [0.717, 1.165) is 29.5 Å². The molecule has 0 bridgehead atoms. The van der Waals surface area contributed by atoms with E-state index in [1.54, 1.807) is 6.08 Å². The molecule has 0 amide bonds. The van der Waals surface area contributed by atoms with Gasteiger partial charge in [0, 0.05) is 25.9 Å². The van der Waals surface area contributed by atoms with Gasteiger partial charge in [0.05, 0.1) is 5.56 Å². The first-order valence-corrected chi connectivity index (χ1v) is 7.75. The third-order valence-corrected chi connectivity index (χ3v) is 3.72. The van der Waals surface area contributed by atoms with Crippen molar-refractivity contribution in [1.82, 2.24) is 0 Å². The molecule has 0 heterocycles. The van der Waals surface area contributed by atoms with Gasteiger partial charge in [0.15, 0.2) is 0 Å². The monoisotopic (exact) mass is 361 g/mol. The first kappa shape index (κ1) is 19.3. The van der Waals surface area contributed by atoms with Gasteiger partial charge < -0.3 is 10.0 Å². The first-order valence-electron chi connectivity index (χ1n) is 7.75. The van der Waals surface area contributed by atoms with E-state index >= 15 is 0 Å². The van der Waals surface area contributed by atoms with Crippen molar-refractivity contribution in [3.8, 4) is 0 Å². The predicted molar refractivity (Wildman–Crippen MR) is 96.1 cm³/mol. The molecule has 0 aliphatic rings. The molecule has 26 heavy (non-hydrogen) atoms. The quantitative estimate of drug-likeness (QED) is 0.612. The van der Waals surface area contributed by atoms with Crippen molar-refractivity contribution in [3.63, 3.8) is 0 Å². The number of alkyl halides is 3. The molecule has 0 saturated heterocycles. The fraction of sp³-hybridized carbons (Fsp3) is 0.150. The van der Waals surface area contributed by atoms with E-state index in [1.807, 2.05) is 43.3 Å². The topological polar surface area (TPSA) is 40.5 Å². The van der Waals surface area contributed by atoms with Crippen molar-refractivity contribution < 1.29 is 23.1 Å². The van der Waals surface area contributed by atoms with Crippen molar-refractivity contribution in [3.05, 3.63) is 83.4 Å². The molecular formula is C20H18F3NO2. The molecule has 0 saturated carbocycles. The van der Waals surface area contributed by atoms with Gasteiger partial charge in [-0.05, 0) is 41.0 Å². The summed E-state index contributed by atoms with van der Waals surface area (Å²) in [6.45, 7) is 0. The molecule has 1 N–H and O–H groups in total. The lowest BCUT2D eigenvalue weighted by molar-refractivity contribution is -0.137. The van der Waals surface area contributed by atoms with Gasteiger partial charge in [-0.15, -0.1) is 0 Å². The summed E-state index contributed by atoms with van der Waals surface area (Å²) in [4.78, 5) is 12.6. The summed E-state index contributed by atoms with van der Waals surface area (Å²) < 4.78 is 38.3. The molecule has 0 aliphatic carbocycles. The number of hydrogen-bond donors (Lipinski definition) is 1. The third kappa shape index (κ3) is 4.99. The standard InChI is InChI=1S/C20H18F3NO2/c1-24(2)17-12-8-15(9-13-17)18(4-3-5-19(25)26)14-6-10-16(11-7-14)20(21,22)23/h3-13H,1-2H3,(H,25,26). The Morgan fingerprint density at radius 3 is 1.88 bits per heavy atom. The highest BCUT2D eigenvalue weighted by Gasteiger charge is 2.30. The van der Waals surface area contributed by atoms with Gasteiger partial charge in [-0.2, -0.15) is 13.2 Å². The van der Waals surface area contributed by atoms with Gasteiger partial charge in [0.2, 0.25) is 0 Å². The Morgan fingerprint density at radius 2 is 1.46 bits per heavy atom. The Kier molecular flexibility index (Phi) is 5.87. The molecule has 0 spiro atoms. The van der Waals surface area contributed by atoms with Crippen LogP contribution in [0, 0.1) is 0 Å². The number of carboxylic acid groups (broad SMARTS) is 1. The Morgan fingerprint density at radius 1 is 0.962 bits per heavy atom. The van der Waals surface area contributed by atoms with Gasteiger partial charge in [0.25, 0.3) is 0 Å². The van der Waals surface area contributed by atoms with Crippen LogP contribution < -0.4 is 4.90 Å². The first-order chi connectivity index (χ1) is 12.2. The summed E-state index contributed by atoms with van der Waals surface area (Å²) in [6, 6.07) is 12.2. The van der Waals surface area contributed by atoms with Gasteiger partial charge in [0.1, 0.15) is 0 Å². The number of rotatable bonds is 5. The van der Waals surface area contributed by atoms with E-state index < -0.39 is 17.7 Å². The predicted octanol–water partition coefficient (Wildman–Crippen LogP) is 4.84. The summed E-state index contributed by atoms with van der Waals surface area (Å²) in [5.74, 6) is -1.10. The molecule has 0 aromatic heterocycles. The molecule has 0 aliphatic heterocycles. The zero-order valence-electron chi connectivity index (χ0n) is 14.3. The van der Waals surface area contributed by atoms with Crippen LogP contribution in [0.15, 0.2) is 66.8 Å². The van der Waals surface area contributed by atoms with E-state index in [1.165, 1.54) is 18.2 Å². The molecule has 0 atom stereocenters. The fourth-order valence-electron chi connectivity index (χ4n) is 2.36. The van der Waals surface area contributed by atoms with Crippen LogP contribution >= 0.6 is 0 Å². The largest absolute Gasteiger partial charge is 0.478 e. The van der Waals surface area contributed by atoms with E-state index in [0.29, 0.717) is 11.1 Å². The molecule has 6 heteroatoms. The number of carboxylic acids is 1. The van der Waals surface area contributed by atoms with Crippen LogP contribution in [-0.2, 0) is 11.0 Å². The minimum atomic E-state index is -4.40. The summed E-state index contributed by atoms with van der Waals surface area (Å²) >= 11 is 0. The highest BCUT2D eigenvalue weighted by Crippen LogP contribution is 2.31. The van der Waals surface area contributed by atoms with Crippen LogP contribution in [0.2, 0.25) is 0 Å². The van der Waals surface area contributed by atoms with Crippen molar-refractivity contribution in [2.24, 2.45) is 0 Å². The smallest absolute Gasteiger partial charge is 0.416 e. The molecule has 2 aromatic rings. The number of allylic oxidation sites excluding steroid dienone is 2. The summed E-state index contributed by atoms with van der Waals surface area (Å²) in [5.41, 5.74) is 2.20. The van der Waals surface area contributed by atoms with E-state index in [-0.39, 0.29) is 0 Å². The van der Waals surface area contributed by atoms with Crippen molar-refractivity contribution in [2.75, 3.05) is 19.0 Å². The van der Waals surface area contributed by atoms with Gasteiger partial charge in [-0.3, -0.25) is 0 Å². The number of nitrogens with zero attached hydrogens (tertiary/aromatic N) is 1. The van der Waals surface area contributed by atoms with Crippen LogP contribution in [0.25, 0.3) is 5.57 Å². The number of carbonyl (C=O) groups is 1. The van der Waals surface area contributed by atoms with Crippen molar-refractivity contribution in [1.29, 1.82) is 0 Å². The maximum atomic E-state index is 12.8. The average molecular weight is 361 g/mol. The van der Waals surface area contributed by atoms with Gasteiger partial charge >= 0.3 is 12.1 Å². The van der Waals surface area contributed by atoms with E-state index in [2.05, 4.69) is 0 Å². The molecule has 2 rings (SSSR count). The Hall–Kier alpha value is -3.02. The highest BCUT2D eigenvalue weighted by molar-refractivity contribution is 5.84. The van der Waals surface area contributed by atoms with Crippen molar-refractivity contribution in [2.45, 2.75) is 6.18 Å². The molecule has 3 nitrogen and oxygen atoms in total. The molecule has 136 valence electrons.